The molecule has 0 amide bonds. The van der Waals surface area contributed by atoms with Gasteiger partial charge in [-0.25, -0.2) is 9.97 Å². The average Bonchev–Trinajstić information content (AvgIpc) is 2.76. The van der Waals surface area contributed by atoms with E-state index in [1.54, 1.807) is 0 Å². The van der Waals surface area contributed by atoms with Gasteiger partial charge in [-0.1, -0.05) is 6.92 Å². The Morgan fingerprint density at radius 3 is 3.00 bits per heavy atom. The molecule has 0 radical (unpaired) electrons. The van der Waals surface area contributed by atoms with Crippen molar-refractivity contribution in [3.8, 4) is 0 Å². The first kappa shape index (κ1) is 14.0. The van der Waals surface area contributed by atoms with Crippen LogP contribution in [0.1, 0.15) is 25.2 Å². The summed E-state index contributed by atoms with van der Waals surface area (Å²) < 4.78 is 0. The molecule has 0 aliphatic carbocycles. The molecule has 2 N–H and O–H groups in total. The number of hydrogen-bond donors (Lipinski definition) is 2. The maximum Gasteiger partial charge on any atom is 0.177 e. The fourth-order valence-electron chi connectivity index (χ4n) is 2.17. The summed E-state index contributed by atoms with van der Waals surface area (Å²) in [6.45, 7) is 9.30. The topological polar surface area (TPSA) is 56.8 Å². The molecule has 19 heavy (non-hydrogen) atoms. The van der Waals surface area contributed by atoms with Crippen molar-refractivity contribution < 1.29 is 0 Å². The number of aromatic nitrogens is 3. The molecule has 0 bridgehead atoms. The van der Waals surface area contributed by atoms with Gasteiger partial charge < -0.3 is 15.2 Å². The van der Waals surface area contributed by atoms with E-state index in [1.165, 1.54) is 5.56 Å². The highest BCUT2D eigenvalue weighted by molar-refractivity contribution is 5.74. The van der Waals surface area contributed by atoms with Crippen LogP contribution in [0.2, 0.25) is 0 Å². The zero-order valence-electron chi connectivity index (χ0n) is 12.2. The van der Waals surface area contributed by atoms with Crippen LogP contribution in [0, 0.1) is 6.92 Å². The normalized spacial score (nSPS) is 13.3. The maximum atomic E-state index is 4.36. The van der Waals surface area contributed by atoms with Crippen molar-refractivity contribution >= 4 is 11.2 Å². The lowest BCUT2D eigenvalue weighted by molar-refractivity contribution is 0.309. The third kappa shape index (κ3) is 3.52. The van der Waals surface area contributed by atoms with Crippen LogP contribution in [0.25, 0.3) is 11.2 Å². The summed E-state index contributed by atoms with van der Waals surface area (Å²) in [5, 5.41) is 3.55. The fourth-order valence-corrected chi connectivity index (χ4v) is 2.17. The van der Waals surface area contributed by atoms with Crippen LogP contribution < -0.4 is 5.32 Å². The second-order valence-corrected chi connectivity index (χ2v) is 5.13. The van der Waals surface area contributed by atoms with Crippen LogP contribution in [-0.4, -0.2) is 46.0 Å². The first-order valence-corrected chi connectivity index (χ1v) is 6.82. The highest BCUT2D eigenvalue weighted by Crippen LogP contribution is 2.13. The van der Waals surface area contributed by atoms with E-state index in [2.05, 4.69) is 46.1 Å². The second-order valence-electron chi connectivity index (χ2n) is 5.13. The van der Waals surface area contributed by atoms with Gasteiger partial charge in [-0.15, -0.1) is 0 Å². The standard InChI is InChI=1S/C14H23N5/c1-5-19(4)9-10(2)16-8-12-6-7-15-14-13(12)17-11(3)18-14/h6-7,10,16H,5,8-9H2,1-4H3,(H,15,17,18). The minimum atomic E-state index is 0.456. The first-order valence-electron chi connectivity index (χ1n) is 6.82. The largest absolute Gasteiger partial charge is 0.341 e. The molecule has 5 nitrogen and oxygen atoms in total. The van der Waals surface area contributed by atoms with Gasteiger partial charge in [-0.2, -0.15) is 0 Å². The van der Waals surface area contributed by atoms with Crippen LogP contribution >= 0.6 is 0 Å². The van der Waals surface area contributed by atoms with Gasteiger partial charge in [0.1, 0.15) is 5.82 Å². The predicted molar refractivity (Wildman–Crippen MR) is 78.1 cm³/mol. The fraction of sp³-hybridized carbons (Fsp3) is 0.571. The van der Waals surface area contributed by atoms with Crippen LogP contribution in [0.4, 0.5) is 0 Å². The average molecular weight is 261 g/mol. The van der Waals surface area contributed by atoms with Crippen LogP contribution in [0.15, 0.2) is 12.3 Å². The number of H-pyrrole nitrogens is 1. The smallest absolute Gasteiger partial charge is 0.177 e. The van der Waals surface area contributed by atoms with Crippen molar-refractivity contribution in [1.29, 1.82) is 0 Å². The summed E-state index contributed by atoms with van der Waals surface area (Å²) >= 11 is 0. The minimum Gasteiger partial charge on any atom is -0.341 e. The number of fused-ring (bicyclic) bond motifs is 1. The number of nitrogens with one attached hydrogen (secondary N) is 2. The van der Waals surface area contributed by atoms with Crippen LogP contribution in [0.3, 0.4) is 0 Å². The summed E-state index contributed by atoms with van der Waals surface area (Å²) in [6.07, 6.45) is 1.82. The molecule has 2 aromatic heterocycles. The third-order valence-corrected chi connectivity index (χ3v) is 3.36. The number of likely N-dealkylation sites (N-methyl/N-ethyl adjacent to an activating group) is 1. The molecule has 0 saturated carbocycles. The summed E-state index contributed by atoms with van der Waals surface area (Å²) in [5.41, 5.74) is 3.07. The number of rotatable bonds is 6. The molecule has 104 valence electrons. The molecule has 1 unspecified atom stereocenters. The lowest BCUT2D eigenvalue weighted by Crippen LogP contribution is -2.36. The molecule has 0 fully saturated rings. The molecular formula is C14H23N5. The number of aromatic amines is 1. The van der Waals surface area contributed by atoms with Gasteiger partial charge in [0.2, 0.25) is 0 Å². The van der Waals surface area contributed by atoms with Gasteiger partial charge in [-0.3, -0.25) is 0 Å². The van der Waals surface area contributed by atoms with Crippen molar-refractivity contribution in [3.63, 3.8) is 0 Å². The Balaban J connectivity index is 2.01. The quantitative estimate of drug-likeness (QED) is 0.831. The van der Waals surface area contributed by atoms with E-state index in [1.807, 2.05) is 19.2 Å². The van der Waals surface area contributed by atoms with Gasteiger partial charge in [0.25, 0.3) is 0 Å². The Labute approximate surface area is 114 Å². The van der Waals surface area contributed by atoms with Gasteiger partial charge >= 0.3 is 0 Å². The molecule has 0 saturated heterocycles. The maximum absolute atomic E-state index is 4.36. The van der Waals surface area contributed by atoms with Crippen LogP contribution in [-0.2, 0) is 6.54 Å². The van der Waals surface area contributed by atoms with E-state index in [-0.39, 0.29) is 0 Å². The number of pyridine rings is 1. The SMILES string of the molecule is CCN(C)CC(C)NCc1ccnc2nc(C)[nH]c12. The highest BCUT2D eigenvalue weighted by atomic mass is 15.1. The van der Waals surface area contributed by atoms with E-state index in [0.29, 0.717) is 6.04 Å². The van der Waals surface area contributed by atoms with Gasteiger partial charge in [0, 0.05) is 25.3 Å². The number of hydrogen-bond acceptors (Lipinski definition) is 4. The molecule has 1 atom stereocenters. The highest BCUT2D eigenvalue weighted by Gasteiger charge is 2.08. The first-order chi connectivity index (χ1) is 9.10. The Morgan fingerprint density at radius 1 is 1.47 bits per heavy atom. The summed E-state index contributed by atoms with van der Waals surface area (Å²) in [6, 6.07) is 2.50. The second kappa shape index (κ2) is 6.12. The Hall–Kier alpha value is -1.46. The summed E-state index contributed by atoms with van der Waals surface area (Å²) in [5.74, 6) is 0.911. The van der Waals surface area contributed by atoms with E-state index in [0.717, 1.165) is 36.6 Å². The van der Waals surface area contributed by atoms with E-state index in [9.17, 15) is 0 Å². The Morgan fingerprint density at radius 2 is 2.26 bits per heavy atom. The predicted octanol–water partition coefficient (Wildman–Crippen LogP) is 1.70. The zero-order chi connectivity index (χ0) is 13.8. The molecule has 0 aliphatic rings. The van der Waals surface area contributed by atoms with Gasteiger partial charge in [-0.05, 0) is 39.1 Å². The lowest BCUT2D eigenvalue weighted by atomic mass is 10.2. The van der Waals surface area contributed by atoms with Crippen molar-refractivity contribution in [3.05, 3.63) is 23.7 Å². The molecule has 0 spiro atoms. The van der Waals surface area contributed by atoms with Gasteiger partial charge in [0.05, 0.1) is 5.52 Å². The van der Waals surface area contributed by atoms with E-state index < -0.39 is 0 Å². The van der Waals surface area contributed by atoms with E-state index >= 15 is 0 Å². The van der Waals surface area contributed by atoms with Crippen molar-refractivity contribution in [2.75, 3.05) is 20.1 Å². The molecule has 0 aliphatic heterocycles. The van der Waals surface area contributed by atoms with Crippen molar-refractivity contribution in [1.82, 2.24) is 25.2 Å². The molecule has 0 aromatic carbocycles. The minimum absolute atomic E-state index is 0.456. The summed E-state index contributed by atoms with van der Waals surface area (Å²) in [7, 11) is 2.14. The lowest BCUT2D eigenvalue weighted by Gasteiger charge is -2.20. The Kier molecular flexibility index (Phi) is 4.50. The molecule has 2 heterocycles. The molecule has 2 aromatic rings. The Bertz CT molecular complexity index is 534. The van der Waals surface area contributed by atoms with E-state index in [4.69, 9.17) is 0 Å². The molecule has 5 heteroatoms. The molecular weight excluding hydrogens is 238 g/mol. The number of nitrogens with zero attached hydrogens (tertiary/aromatic N) is 3. The van der Waals surface area contributed by atoms with Crippen molar-refractivity contribution in [2.45, 2.75) is 33.4 Å². The molecule has 2 rings (SSSR count). The van der Waals surface area contributed by atoms with Crippen molar-refractivity contribution in [2.24, 2.45) is 0 Å². The number of imidazole rings is 1. The third-order valence-electron chi connectivity index (χ3n) is 3.36. The zero-order valence-corrected chi connectivity index (χ0v) is 12.2. The monoisotopic (exact) mass is 261 g/mol. The number of aryl methyl sites for hydroxylation is 1. The van der Waals surface area contributed by atoms with Crippen LogP contribution in [0.5, 0.6) is 0 Å². The van der Waals surface area contributed by atoms with Gasteiger partial charge in [0.15, 0.2) is 5.65 Å². The summed E-state index contributed by atoms with van der Waals surface area (Å²) in [4.78, 5) is 14.2.